The first kappa shape index (κ1) is 14.2. The molecule has 1 atom stereocenters. The molecule has 2 aromatic rings. The molecule has 1 aliphatic carbocycles. The van der Waals surface area contributed by atoms with Crippen molar-refractivity contribution in [2.24, 2.45) is 11.8 Å². The number of likely N-dealkylation sites (tertiary alicyclic amines) is 1. The molecular weight excluding hydrogens is 294 g/mol. The SMILES string of the molecule is O=C(NCc1nnc2ccccn12)C1CC(=O)N(CC2CC2)C1. The van der Waals surface area contributed by atoms with E-state index in [1.807, 2.05) is 33.7 Å². The van der Waals surface area contributed by atoms with Gasteiger partial charge in [-0.15, -0.1) is 10.2 Å². The minimum Gasteiger partial charge on any atom is -0.348 e. The summed E-state index contributed by atoms with van der Waals surface area (Å²) in [5.41, 5.74) is 0.753. The lowest BCUT2D eigenvalue weighted by atomic mass is 10.1. The Balaban J connectivity index is 1.35. The summed E-state index contributed by atoms with van der Waals surface area (Å²) in [6.45, 7) is 1.68. The molecule has 0 radical (unpaired) electrons. The van der Waals surface area contributed by atoms with Gasteiger partial charge in [0.2, 0.25) is 11.8 Å². The summed E-state index contributed by atoms with van der Waals surface area (Å²) in [5, 5.41) is 11.0. The molecule has 7 nitrogen and oxygen atoms in total. The van der Waals surface area contributed by atoms with Crippen LogP contribution in [0.5, 0.6) is 0 Å². The van der Waals surface area contributed by atoms with E-state index in [1.165, 1.54) is 12.8 Å². The number of amides is 2. The lowest BCUT2D eigenvalue weighted by Gasteiger charge is -2.15. The maximum Gasteiger partial charge on any atom is 0.225 e. The average Bonchev–Trinajstić information content (AvgIpc) is 3.16. The number of nitrogens with zero attached hydrogens (tertiary/aromatic N) is 4. The monoisotopic (exact) mass is 313 g/mol. The van der Waals surface area contributed by atoms with Crippen molar-refractivity contribution in [2.45, 2.75) is 25.8 Å². The van der Waals surface area contributed by atoms with Gasteiger partial charge in [0, 0.05) is 25.7 Å². The Morgan fingerprint density at radius 1 is 1.30 bits per heavy atom. The summed E-state index contributed by atoms with van der Waals surface area (Å²) in [6, 6.07) is 5.65. The quantitative estimate of drug-likeness (QED) is 0.877. The van der Waals surface area contributed by atoms with Gasteiger partial charge in [0.05, 0.1) is 12.5 Å². The zero-order valence-electron chi connectivity index (χ0n) is 12.8. The molecular formula is C16H19N5O2. The molecule has 120 valence electrons. The zero-order chi connectivity index (χ0) is 15.8. The van der Waals surface area contributed by atoms with Crippen molar-refractivity contribution >= 4 is 17.5 Å². The van der Waals surface area contributed by atoms with Gasteiger partial charge >= 0.3 is 0 Å². The van der Waals surface area contributed by atoms with Gasteiger partial charge < -0.3 is 10.2 Å². The second-order valence-electron chi connectivity index (χ2n) is 6.41. The molecule has 3 heterocycles. The highest BCUT2D eigenvalue weighted by molar-refractivity contribution is 5.89. The molecule has 0 bridgehead atoms. The van der Waals surface area contributed by atoms with Crippen molar-refractivity contribution in [1.82, 2.24) is 24.8 Å². The summed E-state index contributed by atoms with van der Waals surface area (Å²) in [4.78, 5) is 26.1. The van der Waals surface area contributed by atoms with Gasteiger partial charge in [0.1, 0.15) is 0 Å². The topological polar surface area (TPSA) is 79.6 Å². The zero-order valence-corrected chi connectivity index (χ0v) is 12.8. The lowest BCUT2D eigenvalue weighted by Crippen LogP contribution is -2.33. The van der Waals surface area contributed by atoms with Crippen molar-refractivity contribution in [3.8, 4) is 0 Å². The first-order chi connectivity index (χ1) is 11.2. The predicted octanol–water partition coefficient (Wildman–Crippen LogP) is 0.604. The van der Waals surface area contributed by atoms with E-state index in [9.17, 15) is 9.59 Å². The van der Waals surface area contributed by atoms with Gasteiger partial charge in [-0.3, -0.25) is 14.0 Å². The summed E-state index contributed by atoms with van der Waals surface area (Å²) >= 11 is 0. The van der Waals surface area contributed by atoms with Crippen molar-refractivity contribution < 1.29 is 9.59 Å². The fraction of sp³-hybridized carbons (Fsp3) is 0.500. The van der Waals surface area contributed by atoms with Gasteiger partial charge in [0.15, 0.2) is 11.5 Å². The second kappa shape index (κ2) is 5.64. The molecule has 1 aliphatic heterocycles. The van der Waals surface area contributed by atoms with E-state index >= 15 is 0 Å². The Morgan fingerprint density at radius 2 is 2.17 bits per heavy atom. The van der Waals surface area contributed by atoms with E-state index in [2.05, 4.69) is 15.5 Å². The number of nitrogens with one attached hydrogen (secondary N) is 1. The van der Waals surface area contributed by atoms with E-state index in [-0.39, 0.29) is 17.7 Å². The van der Waals surface area contributed by atoms with Crippen LogP contribution in [-0.2, 0) is 16.1 Å². The number of aromatic nitrogens is 3. The summed E-state index contributed by atoms with van der Waals surface area (Å²) in [7, 11) is 0. The van der Waals surface area contributed by atoms with Crippen molar-refractivity contribution in [3.05, 3.63) is 30.2 Å². The van der Waals surface area contributed by atoms with Gasteiger partial charge in [-0.2, -0.15) is 0 Å². The van der Waals surface area contributed by atoms with Crippen LogP contribution in [0.2, 0.25) is 0 Å². The van der Waals surface area contributed by atoms with Crippen LogP contribution in [0.1, 0.15) is 25.1 Å². The molecule has 0 spiro atoms. The molecule has 2 aromatic heterocycles. The molecule has 0 aromatic carbocycles. The van der Waals surface area contributed by atoms with Crippen LogP contribution >= 0.6 is 0 Å². The van der Waals surface area contributed by atoms with Gasteiger partial charge in [0.25, 0.3) is 0 Å². The maximum absolute atomic E-state index is 12.3. The Kier molecular flexibility index (Phi) is 3.48. The summed E-state index contributed by atoms with van der Waals surface area (Å²) < 4.78 is 1.85. The van der Waals surface area contributed by atoms with Crippen LogP contribution in [0.4, 0.5) is 0 Å². The molecule has 1 saturated carbocycles. The van der Waals surface area contributed by atoms with Crippen LogP contribution in [0.25, 0.3) is 5.65 Å². The summed E-state index contributed by atoms with van der Waals surface area (Å²) in [6.07, 6.45) is 4.60. The highest BCUT2D eigenvalue weighted by atomic mass is 16.2. The number of carbonyl (C=O) groups excluding carboxylic acids is 2. The second-order valence-corrected chi connectivity index (χ2v) is 6.41. The third kappa shape index (κ3) is 2.91. The van der Waals surface area contributed by atoms with Crippen LogP contribution in [0.3, 0.4) is 0 Å². The van der Waals surface area contributed by atoms with Crippen LogP contribution in [-0.4, -0.2) is 44.4 Å². The highest BCUT2D eigenvalue weighted by Gasteiger charge is 2.37. The lowest BCUT2D eigenvalue weighted by molar-refractivity contribution is -0.129. The minimum absolute atomic E-state index is 0.0793. The molecule has 23 heavy (non-hydrogen) atoms. The molecule has 1 unspecified atom stereocenters. The largest absolute Gasteiger partial charge is 0.348 e. The third-order valence-electron chi connectivity index (χ3n) is 4.57. The van der Waals surface area contributed by atoms with Crippen LogP contribution < -0.4 is 5.32 Å². The number of hydrogen-bond acceptors (Lipinski definition) is 4. The van der Waals surface area contributed by atoms with Crippen LogP contribution in [0, 0.1) is 11.8 Å². The Morgan fingerprint density at radius 3 is 3.00 bits per heavy atom. The predicted molar refractivity (Wildman–Crippen MR) is 82.2 cm³/mol. The van der Waals surface area contributed by atoms with Crippen LogP contribution in [0.15, 0.2) is 24.4 Å². The molecule has 2 fully saturated rings. The molecule has 2 aliphatic rings. The van der Waals surface area contributed by atoms with Gasteiger partial charge in [-0.25, -0.2) is 0 Å². The molecule has 4 rings (SSSR count). The molecule has 7 heteroatoms. The highest BCUT2D eigenvalue weighted by Crippen LogP contribution is 2.31. The van der Waals surface area contributed by atoms with Crippen molar-refractivity contribution in [2.75, 3.05) is 13.1 Å². The first-order valence-electron chi connectivity index (χ1n) is 8.05. The Labute approximate surface area is 133 Å². The minimum atomic E-state index is -0.250. The first-order valence-corrected chi connectivity index (χ1v) is 8.05. The Bertz CT molecular complexity index is 752. The fourth-order valence-corrected chi connectivity index (χ4v) is 3.06. The molecule has 2 amide bonds. The maximum atomic E-state index is 12.3. The number of pyridine rings is 1. The Hall–Kier alpha value is -2.44. The number of hydrogen-bond donors (Lipinski definition) is 1. The van der Waals surface area contributed by atoms with E-state index in [4.69, 9.17) is 0 Å². The number of fused-ring (bicyclic) bond motifs is 1. The van der Waals surface area contributed by atoms with Crippen molar-refractivity contribution in [1.29, 1.82) is 0 Å². The smallest absolute Gasteiger partial charge is 0.225 e. The van der Waals surface area contributed by atoms with E-state index in [0.29, 0.717) is 31.3 Å². The third-order valence-corrected chi connectivity index (χ3v) is 4.57. The molecule has 1 N–H and O–H groups in total. The van der Waals surface area contributed by atoms with E-state index in [0.717, 1.165) is 12.2 Å². The van der Waals surface area contributed by atoms with Gasteiger partial charge in [-0.05, 0) is 30.9 Å². The van der Waals surface area contributed by atoms with Gasteiger partial charge in [-0.1, -0.05) is 6.07 Å². The fourth-order valence-electron chi connectivity index (χ4n) is 3.06. The van der Waals surface area contributed by atoms with Crippen molar-refractivity contribution in [3.63, 3.8) is 0 Å². The summed E-state index contributed by atoms with van der Waals surface area (Å²) in [5.74, 6) is 1.12. The van der Waals surface area contributed by atoms with E-state index in [1.54, 1.807) is 0 Å². The normalized spacial score (nSPS) is 21.1. The van der Waals surface area contributed by atoms with E-state index < -0.39 is 0 Å². The molecule has 1 saturated heterocycles. The average molecular weight is 313 g/mol. The standard InChI is InChI=1S/C16H19N5O2/c22-15-7-12(10-20(15)9-11-4-5-11)16(23)17-8-14-19-18-13-3-1-2-6-21(13)14/h1-3,6,11-12H,4-5,7-10H2,(H,17,23). The number of rotatable bonds is 5. The number of carbonyl (C=O) groups is 2.